The molecule has 1 rings (SSSR count). The predicted octanol–water partition coefficient (Wildman–Crippen LogP) is -1.01. The maximum Gasteiger partial charge on any atom is 0.340 e. The third kappa shape index (κ3) is 1.35. The van der Waals surface area contributed by atoms with Crippen LogP contribution in [0.15, 0.2) is 4.99 Å². The average Bonchev–Trinajstić information content (AvgIpc) is 2.22. The van der Waals surface area contributed by atoms with E-state index in [1.54, 1.807) is 0 Å². The van der Waals surface area contributed by atoms with Crippen LogP contribution in [0.5, 0.6) is 0 Å². The number of primary amides is 1. The zero-order valence-electron chi connectivity index (χ0n) is 7.14. The second-order valence-electron chi connectivity index (χ2n) is 2.48. The highest BCUT2D eigenvalue weighted by atomic mass is 16.2. The van der Waals surface area contributed by atoms with E-state index in [0.29, 0.717) is 0 Å². The number of hydrogen-bond acceptors (Lipinski definition) is 3. The molecule has 1 aliphatic rings. The fraction of sp³-hybridized carbons (Fsp3) is 0.333. The van der Waals surface area contributed by atoms with Crippen LogP contribution in [0.1, 0.15) is 0 Å². The van der Waals surface area contributed by atoms with Crippen molar-refractivity contribution in [1.29, 1.82) is 0 Å². The minimum atomic E-state index is -1.00. The van der Waals surface area contributed by atoms with Crippen LogP contribution in [0.3, 0.4) is 0 Å². The number of carbonyl (C=O) groups excluding carboxylic acids is 3. The topological polar surface area (TPSA) is 96.1 Å². The number of nitrogens with zero attached hydrogens (tertiary/aromatic N) is 3. The molecule has 0 aromatic heterocycles. The van der Waals surface area contributed by atoms with Gasteiger partial charge in [0.15, 0.2) is 0 Å². The third-order valence-electron chi connectivity index (χ3n) is 1.60. The van der Waals surface area contributed by atoms with Crippen molar-refractivity contribution in [2.45, 2.75) is 0 Å². The summed E-state index contributed by atoms with van der Waals surface area (Å²) in [5, 5.41) is 0. The number of likely N-dealkylation sites (N-methyl/N-ethyl adjacent to an activating group) is 2. The molecule has 0 unspecified atom stereocenters. The average molecular weight is 184 g/mol. The molecule has 0 saturated carbocycles. The molecule has 1 saturated heterocycles. The maximum absolute atomic E-state index is 11.2. The van der Waals surface area contributed by atoms with Crippen molar-refractivity contribution in [1.82, 2.24) is 9.80 Å². The smallest absolute Gasteiger partial charge is 0.340 e. The number of imide groups is 1. The van der Waals surface area contributed by atoms with Gasteiger partial charge in [-0.2, -0.15) is 4.99 Å². The molecule has 2 N–H and O–H groups in total. The minimum Gasteiger partial charge on any atom is -0.350 e. The van der Waals surface area contributed by atoms with Crippen LogP contribution in [0.2, 0.25) is 0 Å². The molecule has 0 aromatic rings. The Hall–Kier alpha value is -1.92. The number of rotatable bonds is 0. The Balaban J connectivity index is 3.08. The summed E-state index contributed by atoms with van der Waals surface area (Å²) in [5.41, 5.74) is 4.75. The number of carbonyl (C=O) groups is 3. The summed E-state index contributed by atoms with van der Waals surface area (Å²) in [6, 6.07) is -1.54. The van der Waals surface area contributed by atoms with Gasteiger partial charge in [0, 0.05) is 14.1 Å². The second-order valence-corrected chi connectivity index (χ2v) is 2.48. The SMILES string of the molecule is CN1C(=O)/C(=N\C(N)=O)N(C)C1=O. The van der Waals surface area contributed by atoms with Crippen molar-refractivity contribution in [3.63, 3.8) is 0 Å². The highest BCUT2D eigenvalue weighted by molar-refractivity contribution is 6.47. The van der Waals surface area contributed by atoms with Crippen molar-refractivity contribution in [2.75, 3.05) is 14.1 Å². The molecule has 0 aromatic carbocycles. The molecule has 0 radical (unpaired) electrons. The van der Waals surface area contributed by atoms with E-state index in [0.717, 1.165) is 9.80 Å². The number of hydrogen-bond donors (Lipinski definition) is 1. The van der Waals surface area contributed by atoms with Gasteiger partial charge in [-0.05, 0) is 0 Å². The van der Waals surface area contributed by atoms with E-state index in [9.17, 15) is 14.4 Å². The van der Waals surface area contributed by atoms with Crippen LogP contribution >= 0.6 is 0 Å². The molecule has 13 heavy (non-hydrogen) atoms. The monoisotopic (exact) mass is 184 g/mol. The number of amides is 5. The minimum absolute atomic E-state index is 0.250. The van der Waals surface area contributed by atoms with Gasteiger partial charge in [0.2, 0.25) is 5.84 Å². The van der Waals surface area contributed by atoms with Gasteiger partial charge in [0.25, 0.3) is 5.91 Å². The zero-order valence-corrected chi connectivity index (χ0v) is 7.14. The van der Waals surface area contributed by atoms with Crippen LogP contribution in [-0.4, -0.2) is 47.7 Å². The van der Waals surface area contributed by atoms with E-state index in [1.165, 1.54) is 14.1 Å². The summed E-state index contributed by atoms with van der Waals surface area (Å²) in [4.78, 5) is 37.7. The van der Waals surface area contributed by atoms with Crippen LogP contribution in [0.25, 0.3) is 0 Å². The lowest BCUT2D eigenvalue weighted by molar-refractivity contribution is -0.119. The molecule has 1 fully saturated rings. The van der Waals surface area contributed by atoms with E-state index < -0.39 is 18.0 Å². The van der Waals surface area contributed by atoms with Crippen LogP contribution in [0, 0.1) is 0 Å². The van der Waals surface area contributed by atoms with Gasteiger partial charge in [-0.25, -0.2) is 9.59 Å². The van der Waals surface area contributed by atoms with Crippen molar-refractivity contribution < 1.29 is 14.4 Å². The largest absolute Gasteiger partial charge is 0.350 e. The molecule has 5 amide bonds. The van der Waals surface area contributed by atoms with Gasteiger partial charge < -0.3 is 5.73 Å². The summed E-state index contributed by atoms with van der Waals surface area (Å²) in [7, 11) is 2.64. The highest BCUT2D eigenvalue weighted by Gasteiger charge is 2.37. The molecule has 0 spiro atoms. The Morgan fingerprint density at radius 3 is 2.15 bits per heavy atom. The standard InChI is InChI=1S/C6H8N4O3/c1-9-3(8-5(7)12)4(11)10(2)6(9)13/h1-2H3,(H2,7,12)/b8-3+. The summed E-state index contributed by atoms with van der Waals surface area (Å²) >= 11 is 0. The Kier molecular flexibility index (Phi) is 2.01. The highest BCUT2D eigenvalue weighted by Crippen LogP contribution is 2.07. The number of amidine groups is 1. The first kappa shape index (κ1) is 9.17. The van der Waals surface area contributed by atoms with Gasteiger partial charge in [-0.1, -0.05) is 0 Å². The van der Waals surface area contributed by atoms with Crippen LogP contribution in [0.4, 0.5) is 9.59 Å². The lowest BCUT2D eigenvalue weighted by Crippen LogP contribution is -2.28. The fourth-order valence-corrected chi connectivity index (χ4v) is 0.923. The third-order valence-corrected chi connectivity index (χ3v) is 1.60. The molecule has 0 atom stereocenters. The Labute approximate surface area is 73.8 Å². The summed E-state index contributed by atoms with van der Waals surface area (Å²) in [5.74, 6) is -0.883. The Morgan fingerprint density at radius 1 is 1.31 bits per heavy atom. The van der Waals surface area contributed by atoms with Crippen molar-refractivity contribution in [2.24, 2.45) is 10.7 Å². The molecule has 70 valence electrons. The molecule has 0 aliphatic carbocycles. The first-order chi connectivity index (χ1) is 5.95. The number of aliphatic imine (C=N–C) groups is 1. The van der Waals surface area contributed by atoms with Gasteiger partial charge in [-0.15, -0.1) is 0 Å². The second kappa shape index (κ2) is 2.85. The first-order valence-electron chi connectivity index (χ1n) is 3.39. The number of nitrogens with two attached hydrogens (primary N) is 1. The predicted molar refractivity (Wildman–Crippen MR) is 42.9 cm³/mol. The van der Waals surface area contributed by atoms with Crippen LogP contribution in [-0.2, 0) is 4.79 Å². The number of urea groups is 2. The Morgan fingerprint density at radius 2 is 1.85 bits per heavy atom. The van der Waals surface area contributed by atoms with Gasteiger partial charge in [-0.3, -0.25) is 14.6 Å². The molecular formula is C6H8N4O3. The van der Waals surface area contributed by atoms with E-state index >= 15 is 0 Å². The lowest BCUT2D eigenvalue weighted by atomic mass is 10.5. The summed E-state index contributed by atoms with van der Waals surface area (Å²) < 4.78 is 0. The summed E-state index contributed by atoms with van der Waals surface area (Å²) in [6.07, 6.45) is 0. The van der Waals surface area contributed by atoms with Gasteiger partial charge in [0.1, 0.15) is 0 Å². The fourth-order valence-electron chi connectivity index (χ4n) is 0.923. The van der Waals surface area contributed by atoms with E-state index in [2.05, 4.69) is 4.99 Å². The van der Waals surface area contributed by atoms with E-state index in [4.69, 9.17) is 5.73 Å². The molecule has 1 heterocycles. The Bertz CT molecular complexity index is 322. The van der Waals surface area contributed by atoms with Crippen LogP contribution < -0.4 is 5.73 Å². The quantitative estimate of drug-likeness (QED) is 0.488. The lowest BCUT2D eigenvalue weighted by Gasteiger charge is -2.05. The van der Waals surface area contributed by atoms with E-state index in [1.807, 2.05) is 0 Å². The molecule has 7 heteroatoms. The maximum atomic E-state index is 11.2. The van der Waals surface area contributed by atoms with Gasteiger partial charge in [0.05, 0.1) is 0 Å². The molecule has 0 bridgehead atoms. The summed E-state index contributed by atoms with van der Waals surface area (Å²) in [6.45, 7) is 0. The molecule has 7 nitrogen and oxygen atoms in total. The first-order valence-corrected chi connectivity index (χ1v) is 3.39. The van der Waals surface area contributed by atoms with E-state index in [-0.39, 0.29) is 5.84 Å². The zero-order chi connectivity index (χ0) is 10.2. The van der Waals surface area contributed by atoms with Crippen molar-refractivity contribution in [3.05, 3.63) is 0 Å². The van der Waals surface area contributed by atoms with Crippen molar-refractivity contribution >= 4 is 23.8 Å². The molecular weight excluding hydrogens is 176 g/mol. The molecule has 1 aliphatic heterocycles. The normalized spacial score (nSPS) is 20.3. The van der Waals surface area contributed by atoms with Gasteiger partial charge >= 0.3 is 12.1 Å². The van der Waals surface area contributed by atoms with Crippen molar-refractivity contribution in [3.8, 4) is 0 Å².